The summed E-state index contributed by atoms with van der Waals surface area (Å²) in [7, 11) is 0. The molecule has 4 nitrogen and oxygen atoms in total. The molecule has 1 rings (SSSR count). The molecule has 0 amide bonds. The van der Waals surface area contributed by atoms with Crippen LogP contribution in [-0.4, -0.2) is 27.0 Å². The Morgan fingerprint density at radius 1 is 1.44 bits per heavy atom. The maximum atomic E-state index is 9.84. The fraction of sp³-hybridized carbons (Fsp3) is 0.750. The van der Waals surface area contributed by atoms with Crippen molar-refractivity contribution in [3.63, 3.8) is 0 Å². The van der Waals surface area contributed by atoms with Crippen LogP contribution in [0.4, 0.5) is 0 Å². The van der Waals surface area contributed by atoms with E-state index in [4.69, 9.17) is 5.73 Å². The lowest BCUT2D eigenvalue weighted by molar-refractivity contribution is 0.0541. The van der Waals surface area contributed by atoms with Crippen molar-refractivity contribution in [3.8, 4) is 0 Å². The largest absolute Gasteiger partial charge is 0.389 e. The lowest BCUT2D eigenvalue weighted by atomic mass is 10.0. The Bertz CT molecular complexity index is 355. The molecule has 0 aliphatic rings. The second-order valence-corrected chi connectivity index (χ2v) is 4.68. The minimum Gasteiger partial charge on any atom is -0.389 e. The molecule has 0 fully saturated rings. The van der Waals surface area contributed by atoms with Crippen LogP contribution in [0.2, 0.25) is 0 Å². The van der Waals surface area contributed by atoms with E-state index in [0.29, 0.717) is 6.42 Å². The molecule has 1 unspecified atom stereocenters. The lowest BCUT2D eigenvalue weighted by Crippen LogP contribution is -2.35. The molecule has 1 aromatic heterocycles. The zero-order chi connectivity index (χ0) is 12.3. The van der Waals surface area contributed by atoms with Gasteiger partial charge in [-0.2, -0.15) is 5.10 Å². The van der Waals surface area contributed by atoms with Crippen molar-refractivity contribution in [2.24, 2.45) is 5.73 Å². The monoisotopic (exact) mass is 225 g/mol. The van der Waals surface area contributed by atoms with E-state index < -0.39 is 5.60 Å². The minimum atomic E-state index is -0.793. The summed E-state index contributed by atoms with van der Waals surface area (Å²) in [4.78, 5) is 0. The Balaban J connectivity index is 2.75. The highest BCUT2D eigenvalue weighted by atomic mass is 16.3. The van der Waals surface area contributed by atoms with Crippen molar-refractivity contribution >= 4 is 0 Å². The summed E-state index contributed by atoms with van der Waals surface area (Å²) in [5.74, 6) is 0. The number of nitrogens with zero attached hydrogens (tertiary/aromatic N) is 2. The third-order valence-electron chi connectivity index (χ3n) is 3.19. The normalized spacial score (nSPS) is 15.1. The van der Waals surface area contributed by atoms with Crippen LogP contribution in [-0.2, 0) is 13.0 Å². The molecule has 0 radical (unpaired) electrons. The molecule has 0 aromatic carbocycles. The van der Waals surface area contributed by atoms with Crippen molar-refractivity contribution in [2.75, 3.05) is 6.54 Å². The molecule has 1 aromatic rings. The lowest BCUT2D eigenvalue weighted by Gasteiger charge is -2.21. The molecule has 4 heteroatoms. The van der Waals surface area contributed by atoms with Gasteiger partial charge in [0.25, 0.3) is 0 Å². The molecule has 92 valence electrons. The molecule has 3 N–H and O–H groups in total. The van der Waals surface area contributed by atoms with Gasteiger partial charge in [0.2, 0.25) is 0 Å². The first-order valence-electron chi connectivity index (χ1n) is 5.86. The van der Waals surface area contributed by atoms with Crippen LogP contribution in [0.15, 0.2) is 0 Å². The van der Waals surface area contributed by atoms with Gasteiger partial charge in [-0.15, -0.1) is 0 Å². The predicted molar refractivity (Wildman–Crippen MR) is 65.4 cm³/mol. The van der Waals surface area contributed by atoms with Gasteiger partial charge in [-0.1, -0.05) is 6.92 Å². The first-order chi connectivity index (χ1) is 7.41. The van der Waals surface area contributed by atoms with Gasteiger partial charge >= 0.3 is 0 Å². The van der Waals surface area contributed by atoms with Gasteiger partial charge in [-0.3, -0.25) is 4.68 Å². The quantitative estimate of drug-likeness (QED) is 0.790. The average molecular weight is 225 g/mol. The van der Waals surface area contributed by atoms with Gasteiger partial charge in [-0.25, -0.2) is 0 Å². The van der Waals surface area contributed by atoms with E-state index in [-0.39, 0.29) is 6.54 Å². The van der Waals surface area contributed by atoms with Gasteiger partial charge in [-0.05, 0) is 39.2 Å². The van der Waals surface area contributed by atoms with Gasteiger partial charge in [0.1, 0.15) is 0 Å². The molecule has 0 saturated heterocycles. The fourth-order valence-electron chi connectivity index (χ4n) is 1.91. The first kappa shape index (κ1) is 13.2. The summed E-state index contributed by atoms with van der Waals surface area (Å²) in [5, 5.41) is 14.3. The molecule has 0 aliphatic heterocycles. The van der Waals surface area contributed by atoms with Crippen LogP contribution in [0.3, 0.4) is 0 Å². The first-order valence-corrected chi connectivity index (χ1v) is 5.86. The number of rotatable bonds is 5. The third kappa shape index (κ3) is 2.83. The van der Waals surface area contributed by atoms with Crippen molar-refractivity contribution in [1.29, 1.82) is 0 Å². The van der Waals surface area contributed by atoms with Crippen molar-refractivity contribution in [1.82, 2.24) is 9.78 Å². The number of nitrogens with two attached hydrogens (primary N) is 1. The van der Waals surface area contributed by atoms with E-state index in [1.807, 2.05) is 11.6 Å². The Hall–Kier alpha value is -0.870. The topological polar surface area (TPSA) is 64.1 Å². The van der Waals surface area contributed by atoms with Crippen LogP contribution in [0.5, 0.6) is 0 Å². The van der Waals surface area contributed by atoms with E-state index in [9.17, 15) is 5.11 Å². The van der Waals surface area contributed by atoms with Crippen LogP contribution in [0.1, 0.15) is 37.2 Å². The Morgan fingerprint density at radius 2 is 2.06 bits per heavy atom. The molecule has 0 aliphatic carbocycles. The predicted octanol–water partition coefficient (Wildman–Crippen LogP) is 1.16. The summed E-state index contributed by atoms with van der Waals surface area (Å²) in [6.07, 6.45) is 1.64. The number of hydrogen-bond acceptors (Lipinski definition) is 3. The van der Waals surface area contributed by atoms with Gasteiger partial charge < -0.3 is 10.8 Å². The number of hydrogen-bond donors (Lipinski definition) is 2. The molecule has 0 bridgehead atoms. The Morgan fingerprint density at radius 3 is 2.50 bits per heavy atom. The molecule has 1 heterocycles. The van der Waals surface area contributed by atoms with E-state index in [1.165, 1.54) is 11.3 Å². The highest BCUT2D eigenvalue weighted by Gasteiger charge is 2.19. The molecule has 0 saturated carbocycles. The van der Waals surface area contributed by atoms with E-state index in [0.717, 1.165) is 18.7 Å². The van der Waals surface area contributed by atoms with E-state index >= 15 is 0 Å². The van der Waals surface area contributed by atoms with Gasteiger partial charge in [0.15, 0.2) is 0 Å². The van der Waals surface area contributed by atoms with E-state index in [2.05, 4.69) is 18.9 Å². The van der Waals surface area contributed by atoms with Gasteiger partial charge in [0, 0.05) is 18.8 Å². The molecule has 1 atom stereocenters. The highest BCUT2D eigenvalue weighted by Crippen LogP contribution is 2.16. The standard InChI is InChI=1S/C12H23N3O/c1-5-11-9(2)14-15(10(11)3)7-6-12(4,16)8-13/h16H,5-8,13H2,1-4H3. The van der Waals surface area contributed by atoms with Crippen molar-refractivity contribution < 1.29 is 5.11 Å². The summed E-state index contributed by atoms with van der Waals surface area (Å²) in [6.45, 7) is 9.01. The minimum absolute atomic E-state index is 0.285. The zero-order valence-electron chi connectivity index (χ0n) is 10.7. The Labute approximate surface area is 97.5 Å². The second kappa shape index (κ2) is 4.97. The maximum absolute atomic E-state index is 9.84. The highest BCUT2D eigenvalue weighted by molar-refractivity contribution is 5.24. The summed E-state index contributed by atoms with van der Waals surface area (Å²) in [5.41, 5.74) is 8.30. The summed E-state index contributed by atoms with van der Waals surface area (Å²) < 4.78 is 1.97. The van der Waals surface area contributed by atoms with Crippen molar-refractivity contribution in [2.45, 2.75) is 52.7 Å². The number of aliphatic hydroxyl groups is 1. The number of aromatic nitrogens is 2. The molecular weight excluding hydrogens is 202 g/mol. The summed E-state index contributed by atoms with van der Waals surface area (Å²) >= 11 is 0. The van der Waals surface area contributed by atoms with Crippen LogP contribution in [0.25, 0.3) is 0 Å². The maximum Gasteiger partial charge on any atom is 0.0759 e. The smallest absolute Gasteiger partial charge is 0.0759 e. The molecule has 16 heavy (non-hydrogen) atoms. The average Bonchev–Trinajstić information content (AvgIpc) is 2.51. The number of aryl methyl sites for hydroxylation is 2. The molecule has 0 spiro atoms. The second-order valence-electron chi connectivity index (χ2n) is 4.68. The molecular formula is C12H23N3O. The van der Waals surface area contributed by atoms with Gasteiger partial charge in [0.05, 0.1) is 11.3 Å². The van der Waals surface area contributed by atoms with Crippen LogP contribution in [0, 0.1) is 13.8 Å². The summed E-state index contributed by atoms with van der Waals surface area (Å²) in [6, 6.07) is 0. The Kier molecular flexibility index (Phi) is 4.10. The fourth-order valence-corrected chi connectivity index (χ4v) is 1.91. The van der Waals surface area contributed by atoms with Crippen LogP contribution >= 0.6 is 0 Å². The van der Waals surface area contributed by atoms with E-state index in [1.54, 1.807) is 6.92 Å². The SMILES string of the molecule is CCc1c(C)nn(CCC(C)(O)CN)c1C. The third-order valence-corrected chi connectivity index (χ3v) is 3.19. The van der Waals surface area contributed by atoms with Crippen LogP contribution < -0.4 is 5.73 Å². The van der Waals surface area contributed by atoms with Crippen molar-refractivity contribution in [3.05, 3.63) is 17.0 Å². The zero-order valence-corrected chi connectivity index (χ0v) is 10.7.